The molecule has 1 aromatic heterocycles. The SMILES string of the molecule is Cc1cccc(-c2oncc2CO)c1. The summed E-state index contributed by atoms with van der Waals surface area (Å²) in [5.74, 6) is 0.649. The van der Waals surface area contributed by atoms with Crippen molar-refractivity contribution in [3.05, 3.63) is 41.6 Å². The zero-order valence-corrected chi connectivity index (χ0v) is 7.90. The fourth-order valence-corrected chi connectivity index (χ4v) is 1.40. The van der Waals surface area contributed by atoms with E-state index in [2.05, 4.69) is 5.16 Å². The van der Waals surface area contributed by atoms with Crippen LogP contribution in [0.25, 0.3) is 11.3 Å². The lowest BCUT2D eigenvalue weighted by Gasteiger charge is -1.99. The van der Waals surface area contributed by atoms with E-state index in [9.17, 15) is 0 Å². The molecule has 2 rings (SSSR count). The predicted molar refractivity (Wildman–Crippen MR) is 52.6 cm³/mol. The van der Waals surface area contributed by atoms with E-state index in [1.54, 1.807) is 0 Å². The van der Waals surface area contributed by atoms with Crippen LogP contribution in [0.3, 0.4) is 0 Å². The van der Waals surface area contributed by atoms with Crippen LogP contribution in [0.15, 0.2) is 35.0 Å². The zero-order valence-electron chi connectivity index (χ0n) is 7.90. The van der Waals surface area contributed by atoms with Crippen molar-refractivity contribution in [2.75, 3.05) is 0 Å². The van der Waals surface area contributed by atoms with E-state index in [0.717, 1.165) is 16.7 Å². The van der Waals surface area contributed by atoms with E-state index in [0.29, 0.717) is 5.76 Å². The second kappa shape index (κ2) is 3.64. The van der Waals surface area contributed by atoms with Gasteiger partial charge in [0.15, 0.2) is 5.76 Å². The van der Waals surface area contributed by atoms with Gasteiger partial charge in [-0.25, -0.2) is 0 Å². The van der Waals surface area contributed by atoms with Crippen LogP contribution in [-0.4, -0.2) is 10.3 Å². The molecule has 72 valence electrons. The molecule has 2 aromatic rings. The number of aliphatic hydroxyl groups excluding tert-OH is 1. The van der Waals surface area contributed by atoms with Crippen molar-refractivity contribution in [1.29, 1.82) is 0 Å². The molecule has 3 nitrogen and oxygen atoms in total. The molecule has 1 aromatic carbocycles. The van der Waals surface area contributed by atoms with Gasteiger partial charge in [0.05, 0.1) is 12.8 Å². The van der Waals surface area contributed by atoms with Gasteiger partial charge in [-0.2, -0.15) is 0 Å². The summed E-state index contributed by atoms with van der Waals surface area (Å²) in [5.41, 5.74) is 2.82. The quantitative estimate of drug-likeness (QED) is 0.787. The minimum absolute atomic E-state index is 0.0488. The van der Waals surface area contributed by atoms with E-state index in [-0.39, 0.29) is 6.61 Å². The minimum Gasteiger partial charge on any atom is -0.391 e. The van der Waals surface area contributed by atoms with Crippen molar-refractivity contribution >= 4 is 0 Å². The van der Waals surface area contributed by atoms with E-state index in [1.807, 2.05) is 31.2 Å². The summed E-state index contributed by atoms with van der Waals surface area (Å²) >= 11 is 0. The molecule has 0 atom stereocenters. The summed E-state index contributed by atoms with van der Waals surface area (Å²) in [4.78, 5) is 0. The molecule has 0 aliphatic rings. The van der Waals surface area contributed by atoms with Gasteiger partial charge in [-0.15, -0.1) is 0 Å². The van der Waals surface area contributed by atoms with Crippen molar-refractivity contribution in [2.45, 2.75) is 13.5 Å². The highest BCUT2D eigenvalue weighted by molar-refractivity contribution is 5.61. The summed E-state index contributed by atoms with van der Waals surface area (Å²) in [6.45, 7) is 1.96. The van der Waals surface area contributed by atoms with Gasteiger partial charge >= 0.3 is 0 Å². The van der Waals surface area contributed by atoms with Crippen LogP contribution in [0.5, 0.6) is 0 Å². The first-order valence-corrected chi connectivity index (χ1v) is 4.42. The summed E-state index contributed by atoms with van der Waals surface area (Å²) in [6.07, 6.45) is 1.54. The van der Waals surface area contributed by atoms with Crippen LogP contribution in [0.2, 0.25) is 0 Å². The van der Waals surface area contributed by atoms with E-state index in [1.165, 1.54) is 6.20 Å². The van der Waals surface area contributed by atoms with Crippen molar-refractivity contribution in [3.63, 3.8) is 0 Å². The second-order valence-electron chi connectivity index (χ2n) is 3.21. The number of aromatic nitrogens is 1. The van der Waals surface area contributed by atoms with Gasteiger partial charge in [0, 0.05) is 11.1 Å². The molecular formula is C11H11NO2. The molecule has 14 heavy (non-hydrogen) atoms. The Morgan fingerprint density at radius 3 is 3.00 bits per heavy atom. The molecule has 1 heterocycles. The lowest BCUT2D eigenvalue weighted by molar-refractivity contribution is 0.281. The first-order valence-electron chi connectivity index (χ1n) is 4.42. The number of benzene rings is 1. The summed E-state index contributed by atoms with van der Waals surface area (Å²) < 4.78 is 5.09. The fraction of sp³-hybridized carbons (Fsp3) is 0.182. The Morgan fingerprint density at radius 1 is 1.43 bits per heavy atom. The molecule has 0 radical (unpaired) electrons. The Morgan fingerprint density at radius 2 is 2.29 bits per heavy atom. The lowest BCUT2D eigenvalue weighted by Crippen LogP contribution is -1.84. The van der Waals surface area contributed by atoms with Crippen LogP contribution in [-0.2, 0) is 6.61 Å². The average molecular weight is 189 g/mol. The Balaban J connectivity index is 2.49. The highest BCUT2D eigenvalue weighted by Gasteiger charge is 2.09. The van der Waals surface area contributed by atoms with Gasteiger partial charge in [-0.1, -0.05) is 28.9 Å². The molecule has 0 aliphatic heterocycles. The van der Waals surface area contributed by atoms with Crippen LogP contribution < -0.4 is 0 Å². The van der Waals surface area contributed by atoms with Gasteiger partial charge in [0.25, 0.3) is 0 Å². The van der Waals surface area contributed by atoms with Gasteiger partial charge in [-0.3, -0.25) is 0 Å². The van der Waals surface area contributed by atoms with E-state index < -0.39 is 0 Å². The normalized spacial score (nSPS) is 10.4. The van der Waals surface area contributed by atoms with Crippen LogP contribution in [0.4, 0.5) is 0 Å². The third-order valence-electron chi connectivity index (χ3n) is 2.09. The fourth-order valence-electron chi connectivity index (χ4n) is 1.40. The maximum atomic E-state index is 9.04. The molecule has 0 aliphatic carbocycles. The maximum absolute atomic E-state index is 9.04. The summed E-state index contributed by atoms with van der Waals surface area (Å²) in [6, 6.07) is 7.90. The first-order chi connectivity index (χ1) is 6.81. The van der Waals surface area contributed by atoms with Crippen LogP contribution in [0.1, 0.15) is 11.1 Å². The van der Waals surface area contributed by atoms with Gasteiger partial charge in [0.1, 0.15) is 0 Å². The number of rotatable bonds is 2. The molecule has 0 spiro atoms. The van der Waals surface area contributed by atoms with Crippen LogP contribution >= 0.6 is 0 Å². The first kappa shape index (κ1) is 8.97. The summed E-state index contributed by atoms with van der Waals surface area (Å²) in [5, 5.41) is 12.7. The monoisotopic (exact) mass is 189 g/mol. The van der Waals surface area contributed by atoms with Gasteiger partial charge in [-0.05, 0) is 13.0 Å². The Kier molecular flexibility index (Phi) is 2.33. The van der Waals surface area contributed by atoms with Crippen molar-refractivity contribution in [2.24, 2.45) is 0 Å². The van der Waals surface area contributed by atoms with E-state index in [4.69, 9.17) is 9.63 Å². The van der Waals surface area contributed by atoms with E-state index >= 15 is 0 Å². The summed E-state index contributed by atoms with van der Waals surface area (Å²) in [7, 11) is 0. The second-order valence-corrected chi connectivity index (χ2v) is 3.21. The smallest absolute Gasteiger partial charge is 0.172 e. The largest absolute Gasteiger partial charge is 0.391 e. The molecule has 0 saturated heterocycles. The predicted octanol–water partition coefficient (Wildman–Crippen LogP) is 2.14. The number of hydrogen-bond donors (Lipinski definition) is 1. The van der Waals surface area contributed by atoms with Gasteiger partial charge < -0.3 is 9.63 Å². The molecule has 0 saturated carbocycles. The number of aliphatic hydroxyl groups is 1. The molecule has 0 fully saturated rings. The minimum atomic E-state index is -0.0488. The average Bonchev–Trinajstić information content (AvgIpc) is 2.65. The van der Waals surface area contributed by atoms with Crippen molar-refractivity contribution in [3.8, 4) is 11.3 Å². The third kappa shape index (κ3) is 1.54. The molecule has 0 bridgehead atoms. The Labute approximate surface area is 82.0 Å². The third-order valence-corrected chi connectivity index (χ3v) is 2.09. The molecule has 0 unspecified atom stereocenters. The highest BCUT2D eigenvalue weighted by Crippen LogP contribution is 2.23. The molecular weight excluding hydrogens is 178 g/mol. The standard InChI is InChI=1S/C11H11NO2/c1-8-3-2-4-9(5-8)11-10(7-13)6-12-14-11/h2-6,13H,7H2,1H3. The van der Waals surface area contributed by atoms with Crippen LogP contribution in [0, 0.1) is 6.92 Å². The van der Waals surface area contributed by atoms with Crippen molar-refractivity contribution in [1.82, 2.24) is 5.16 Å². The zero-order chi connectivity index (χ0) is 9.97. The lowest BCUT2D eigenvalue weighted by atomic mass is 10.1. The number of nitrogens with zero attached hydrogens (tertiary/aromatic N) is 1. The topological polar surface area (TPSA) is 46.3 Å². The molecule has 0 amide bonds. The Hall–Kier alpha value is -1.61. The number of hydrogen-bond acceptors (Lipinski definition) is 3. The van der Waals surface area contributed by atoms with Crippen molar-refractivity contribution < 1.29 is 9.63 Å². The maximum Gasteiger partial charge on any atom is 0.172 e. The number of aryl methyl sites for hydroxylation is 1. The molecule has 3 heteroatoms. The van der Waals surface area contributed by atoms with Gasteiger partial charge in [0.2, 0.25) is 0 Å². The molecule has 1 N–H and O–H groups in total. The highest BCUT2D eigenvalue weighted by atomic mass is 16.5. The Bertz CT molecular complexity index is 434.